The quantitative estimate of drug-likeness (QED) is 0.621. The molecule has 0 radical (unpaired) electrons. The van der Waals surface area contributed by atoms with E-state index in [-0.39, 0.29) is 0 Å². The highest BCUT2D eigenvalue weighted by atomic mass is 16.1. The summed E-state index contributed by atoms with van der Waals surface area (Å²) in [5.41, 5.74) is 2.49. The molecule has 4 rings (SSSR count). The second-order valence-corrected chi connectivity index (χ2v) is 9.20. The van der Waals surface area contributed by atoms with Gasteiger partial charge in [-0.3, -0.25) is 4.79 Å². The van der Waals surface area contributed by atoms with E-state index in [2.05, 4.69) is 20.8 Å². The summed E-state index contributed by atoms with van der Waals surface area (Å²) in [5, 5.41) is 0. The van der Waals surface area contributed by atoms with Crippen LogP contribution in [-0.4, -0.2) is 5.78 Å². The molecule has 1 nitrogen and oxygen atoms in total. The van der Waals surface area contributed by atoms with E-state index in [1.807, 2.05) is 6.08 Å². The highest BCUT2D eigenvalue weighted by molar-refractivity contribution is 5.91. The third-order valence-corrected chi connectivity index (χ3v) is 8.65. The van der Waals surface area contributed by atoms with E-state index in [4.69, 9.17) is 0 Å². The molecule has 0 bridgehead atoms. The van der Waals surface area contributed by atoms with Gasteiger partial charge in [-0.05, 0) is 85.5 Å². The van der Waals surface area contributed by atoms with Crippen LogP contribution in [0.15, 0.2) is 11.6 Å². The van der Waals surface area contributed by atoms with Gasteiger partial charge in [-0.25, -0.2) is 0 Å². The molecule has 122 valence electrons. The third kappa shape index (κ3) is 1.86. The summed E-state index contributed by atoms with van der Waals surface area (Å²) >= 11 is 0. The Labute approximate surface area is 135 Å². The molecule has 0 aromatic rings. The number of fused-ring (bicyclic) bond motifs is 5. The number of carbonyl (C=O) groups is 1. The molecule has 4 aliphatic rings. The van der Waals surface area contributed by atoms with Crippen molar-refractivity contribution < 1.29 is 4.79 Å². The lowest BCUT2D eigenvalue weighted by Gasteiger charge is -2.58. The fourth-order valence-electron chi connectivity index (χ4n) is 7.34. The van der Waals surface area contributed by atoms with Gasteiger partial charge in [0, 0.05) is 6.42 Å². The number of ketones is 1. The monoisotopic (exact) mass is 300 g/mol. The molecule has 0 aromatic heterocycles. The van der Waals surface area contributed by atoms with Gasteiger partial charge in [-0.1, -0.05) is 32.8 Å². The number of carbonyl (C=O) groups excluding carboxylic acids is 1. The van der Waals surface area contributed by atoms with E-state index in [9.17, 15) is 4.79 Å². The summed E-state index contributed by atoms with van der Waals surface area (Å²) in [5.74, 6) is 4.11. The summed E-state index contributed by atoms with van der Waals surface area (Å²) in [4.78, 5) is 11.9. The number of allylic oxidation sites excluding steroid dienone is 1. The molecule has 0 heterocycles. The Balaban J connectivity index is 1.67. The summed E-state index contributed by atoms with van der Waals surface area (Å²) in [6.45, 7) is 7.52. The molecule has 22 heavy (non-hydrogen) atoms. The van der Waals surface area contributed by atoms with E-state index in [1.165, 1.54) is 50.5 Å². The van der Waals surface area contributed by atoms with Crippen molar-refractivity contribution in [2.45, 2.75) is 78.6 Å². The lowest BCUT2D eigenvalue weighted by Crippen LogP contribution is -2.50. The normalized spacial score (nSPS) is 50.9. The van der Waals surface area contributed by atoms with Crippen molar-refractivity contribution in [2.75, 3.05) is 0 Å². The summed E-state index contributed by atoms with van der Waals surface area (Å²) in [6.07, 6.45) is 13.7. The van der Waals surface area contributed by atoms with Crippen molar-refractivity contribution in [1.29, 1.82) is 0 Å². The first-order valence-electron chi connectivity index (χ1n) is 9.73. The molecular formula is C21H32O. The van der Waals surface area contributed by atoms with Crippen molar-refractivity contribution in [2.24, 2.45) is 34.5 Å². The number of rotatable bonds is 1. The summed E-state index contributed by atoms with van der Waals surface area (Å²) in [6, 6.07) is 0. The predicted molar refractivity (Wildman–Crippen MR) is 90.5 cm³/mol. The van der Waals surface area contributed by atoms with Crippen LogP contribution in [0.2, 0.25) is 0 Å². The maximum atomic E-state index is 11.9. The molecule has 0 spiro atoms. The van der Waals surface area contributed by atoms with Crippen LogP contribution in [0.1, 0.15) is 78.6 Å². The zero-order valence-electron chi connectivity index (χ0n) is 14.7. The van der Waals surface area contributed by atoms with Crippen LogP contribution in [0.3, 0.4) is 0 Å². The Morgan fingerprint density at radius 1 is 1.05 bits per heavy atom. The van der Waals surface area contributed by atoms with Gasteiger partial charge in [0.2, 0.25) is 0 Å². The second-order valence-electron chi connectivity index (χ2n) is 9.20. The predicted octanol–water partition coefficient (Wildman–Crippen LogP) is 5.54. The Morgan fingerprint density at radius 3 is 2.64 bits per heavy atom. The smallest absolute Gasteiger partial charge is 0.155 e. The lowest BCUT2D eigenvalue weighted by molar-refractivity contribution is -0.117. The number of hydrogen-bond acceptors (Lipinski definition) is 1. The average molecular weight is 300 g/mol. The summed E-state index contributed by atoms with van der Waals surface area (Å²) in [7, 11) is 0. The molecule has 1 heteroatoms. The van der Waals surface area contributed by atoms with E-state index in [0.29, 0.717) is 16.6 Å². The molecule has 3 fully saturated rings. The fraction of sp³-hybridized carbons (Fsp3) is 0.857. The zero-order chi connectivity index (χ0) is 15.5. The van der Waals surface area contributed by atoms with Crippen LogP contribution in [0.25, 0.3) is 0 Å². The van der Waals surface area contributed by atoms with Gasteiger partial charge in [-0.2, -0.15) is 0 Å². The maximum Gasteiger partial charge on any atom is 0.155 e. The molecule has 0 N–H and O–H groups in total. The molecule has 0 amide bonds. The van der Waals surface area contributed by atoms with Crippen LogP contribution >= 0.6 is 0 Å². The molecule has 3 saturated carbocycles. The van der Waals surface area contributed by atoms with Crippen molar-refractivity contribution in [1.82, 2.24) is 0 Å². The average Bonchev–Trinajstić information content (AvgIpc) is 2.84. The maximum absolute atomic E-state index is 11.9. The largest absolute Gasteiger partial charge is 0.295 e. The standard InChI is InChI=1S/C21H32O/c1-4-14-6-8-18-17-7-5-15-13-16(22)9-11-21(15,3)19(17)10-12-20(14,18)2/h13-14,17-19H,4-12H2,1-3H3/t14-,17+,18+,19+,20-,21+/m1/s1. The Morgan fingerprint density at radius 2 is 1.86 bits per heavy atom. The Bertz CT molecular complexity index is 518. The van der Waals surface area contributed by atoms with Gasteiger partial charge < -0.3 is 0 Å². The molecule has 6 atom stereocenters. The molecule has 0 aliphatic heterocycles. The van der Waals surface area contributed by atoms with Gasteiger partial charge in [0.25, 0.3) is 0 Å². The first kappa shape index (κ1) is 15.0. The minimum atomic E-state index is 0.350. The molecule has 0 unspecified atom stereocenters. The van der Waals surface area contributed by atoms with Crippen molar-refractivity contribution in [3.8, 4) is 0 Å². The zero-order valence-corrected chi connectivity index (χ0v) is 14.7. The van der Waals surface area contributed by atoms with Gasteiger partial charge in [0.1, 0.15) is 0 Å². The minimum absolute atomic E-state index is 0.350. The molecular weight excluding hydrogens is 268 g/mol. The van der Waals surface area contributed by atoms with Gasteiger partial charge in [-0.15, -0.1) is 0 Å². The first-order chi connectivity index (χ1) is 10.5. The molecule has 0 aromatic carbocycles. The van der Waals surface area contributed by atoms with Crippen LogP contribution in [0, 0.1) is 34.5 Å². The number of hydrogen-bond donors (Lipinski definition) is 0. The second kappa shape index (κ2) is 4.95. The van der Waals surface area contributed by atoms with Gasteiger partial charge >= 0.3 is 0 Å². The first-order valence-corrected chi connectivity index (χ1v) is 9.73. The van der Waals surface area contributed by atoms with Crippen LogP contribution in [0.5, 0.6) is 0 Å². The van der Waals surface area contributed by atoms with Crippen LogP contribution in [0.4, 0.5) is 0 Å². The van der Waals surface area contributed by atoms with E-state index in [0.717, 1.165) is 36.5 Å². The highest BCUT2D eigenvalue weighted by Crippen LogP contribution is 2.66. The lowest BCUT2D eigenvalue weighted by atomic mass is 9.47. The van der Waals surface area contributed by atoms with Crippen LogP contribution in [-0.2, 0) is 4.79 Å². The van der Waals surface area contributed by atoms with Crippen LogP contribution < -0.4 is 0 Å². The SMILES string of the molecule is CC[C@@H]1CC[C@H]2[C@@H]3CCC4=CC(=O)CC[C@]4(C)[C@H]3CC[C@]12C. The third-order valence-electron chi connectivity index (χ3n) is 8.65. The Hall–Kier alpha value is -0.590. The van der Waals surface area contributed by atoms with E-state index < -0.39 is 0 Å². The summed E-state index contributed by atoms with van der Waals surface area (Å²) < 4.78 is 0. The highest BCUT2D eigenvalue weighted by Gasteiger charge is 2.58. The fourth-order valence-corrected chi connectivity index (χ4v) is 7.34. The van der Waals surface area contributed by atoms with Crippen molar-refractivity contribution >= 4 is 5.78 Å². The van der Waals surface area contributed by atoms with Crippen molar-refractivity contribution in [3.05, 3.63) is 11.6 Å². The molecule has 4 aliphatic carbocycles. The van der Waals surface area contributed by atoms with Crippen molar-refractivity contribution in [3.63, 3.8) is 0 Å². The van der Waals surface area contributed by atoms with E-state index in [1.54, 1.807) is 0 Å². The topological polar surface area (TPSA) is 17.1 Å². The van der Waals surface area contributed by atoms with E-state index >= 15 is 0 Å². The van der Waals surface area contributed by atoms with Gasteiger partial charge in [0.05, 0.1) is 0 Å². The molecule has 0 saturated heterocycles. The van der Waals surface area contributed by atoms with Gasteiger partial charge in [0.15, 0.2) is 5.78 Å². The minimum Gasteiger partial charge on any atom is -0.295 e. The Kier molecular flexibility index (Phi) is 3.37.